The van der Waals surface area contributed by atoms with Crippen molar-refractivity contribution in [2.45, 2.75) is 6.17 Å². The van der Waals surface area contributed by atoms with Crippen molar-refractivity contribution in [3.63, 3.8) is 0 Å². The van der Waals surface area contributed by atoms with Crippen molar-refractivity contribution in [2.75, 3.05) is 0 Å². The molecular formula is C19H16N4O. The number of azo groups is 2. The molecule has 5 heteroatoms. The van der Waals surface area contributed by atoms with Crippen LogP contribution in [0.25, 0.3) is 0 Å². The SMILES string of the molecule is Oc1ccccc1N=NC(N=Nc1ccccc1)c1ccccc1. The van der Waals surface area contributed by atoms with Crippen LogP contribution in [0.15, 0.2) is 105 Å². The molecule has 0 amide bonds. The molecule has 0 aliphatic carbocycles. The van der Waals surface area contributed by atoms with Crippen molar-refractivity contribution in [3.8, 4) is 5.75 Å². The number of phenolic OH excluding ortho intramolecular Hbond substituents is 1. The molecule has 0 aromatic heterocycles. The zero-order valence-corrected chi connectivity index (χ0v) is 12.9. The van der Waals surface area contributed by atoms with Gasteiger partial charge in [-0.25, -0.2) is 0 Å². The summed E-state index contributed by atoms with van der Waals surface area (Å²) >= 11 is 0. The third-order valence-electron chi connectivity index (χ3n) is 3.29. The van der Waals surface area contributed by atoms with Crippen LogP contribution in [-0.4, -0.2) is 5.11 Å². The van der Waals surface area contributed by atoms with Gasteiger partial charge < -0.3 is 5.11 Å². The van der Waals surface area contributed by atoms with Gasteiger partial charge in [0.15, 0.2) is 0 Å². The summed E-state index contributed by atoms with van der Waals surface area (Å²) in [4.78, 5) is 0. The fourth-order valence-electron chi connectivity index (χ4n) is 2.06. The van der Waals surface area contributed by atoms with Gasteiger partial charge in [-0.2, -0.15) is 15.3 Å². The first-order valence-electron chi connectivity index (χ1n) is 7.52. The fraction of sp³-hybridized carbons (Fsp3) is 0.0526. The topological polar surface area (TPSA) is 69.7 Å². The molecule has 0 aliphatic heterocycles. The standard InChI is InChI=1S/C19H16N4O/c24-18-14-8-7-13-17(18)21-23-19(15-9-3-1-4-10-15)22-20-16-11-5-2-6-12-16/h1-14,19,24H. The molecule has 118 valence electrons. The van der Waals surface area contributed by atoms with Gasteiger partial charge in [0.05, 0.1) is 5.69 Å². The second-order valence-corrected chi connectivity index (χ2v) is 5.04. The van der Waals surface area contributed by atoms with E-state index in [1.165, 1.54) is 0 Å². The molecule has 0 spiro atoms. The van der Waals surface area contributed by atoms with Crippen molar-refractivity contribution < 1.29 is 5.11 Å². The van der Waals surface area contributed by atoms with Gasteiger partial charge in [-0.05, 0) is 24.3 Å². The molecule has 0 radical (unpaired) electrons. The monoisotopic (exact) mass is 316 g/mol. The van der Waals surface area contributed by atoms with Crippen molar-refractivity contribution in [3.05, 3.63) is 90.5 Å². The molecule has 24 heavy (non-hydrogen) atoms. The molecule has 0 fully saturated rings. The normalized spacial score (nSPS) is 12.7. The van der Waals surface area contributed by atoms with E-state index in [0.29, 0.717) is 5.69 Å². The van der Waals surface area contributed by atoms with Crippen LogP contribution in [0.3, 0.4) is 0 Å². The number of aromatic hydroxyl groups is 1. The van der Waals surface area contributed by atoms with Crippen molar-refractivity contribution in [1.29, 1.82) is 0 Å². The highest BCUT2D eigenvalue weighted by Crippen LogP contribution is 2.29. The lowest BCUT2D eigenvalue weighted by Gasteiger charge is -2.05. The Hall–Kier alpha value is -3.34. The van der Waals surface area contributed by atoms with Gasteiger partial charge >= 0.3 is 0 Å². The summed E-state index contributed by atoms with van der Waals surface area (Å²) in [6, 6.07) is 25.8. The predicted molar refractivity (Wildman–Crippen MR) is 92.8 cm³/mol. The number of hydrogen-bond acceptors (Lipinski definition) is 5. The van der Waals surface area contributed by atoms with E-state index in [0.717, 1.165) is 11.3 Å². The van der Waals surface area contributed by atoms with Crippen LogP contribution >= 0.6 is 0 Å². The molecule has 0 saturated carbocycles. The zero-order chi connectivity index (χ0) is 16.6. The highest BCUT2D eigenvalue weighted by atomic mass is 16.3. The van der Waals surface area contributed by atoms with Crippen LogP contribution in [0.4, 0.5) is 11.4 Å². The first-order chi connectivity index (χ1) is 11.8. The number of rotatable bonds is 5. The third-order valence-corrected chi connectivity index (χ3v) is 3.29. The third kappa shape index (κ3) is 4.10. The Labute approximate surface area is 140 Å². The number of phenols is 1. The summed E-state index contributed by atoms with van der Waals surface area (Å²) in [7, 11) is 0. The number of benzene rings is 3. The predicted octanol–water partition coefficient (Wildman–Crippen LogP) is 5.96. The van der Waals surface area contributed by atoms with Crippen molar-refractivity contribution >= 4 is 11.4 Å². The van der Waals surface area contributed by atoms with E-state index in [2.05, 4.69) is 20.5 Å². The average Bonchev–Trinajstić information content (AvgIpc) is 2.65. The summed E-state index contributed by atoms with van der Waals surface area (Å²) in [6.07, 6.45) is -0.578. The highest BCUT2D eigenvalue weighted by molar-refractivity contribution is 5.49. The van der Waals surface area contributed by atoms with Crippen LogP contribution in [0.2, 0.25) is 0 Å². The quantitative estimate of drug-likeness (QED) is 0.580. The summed E-state index contributed by atoms with van der Waals surface area (Å²) in [5.41, 5.74) is 2.01. The van der Waals surface area contributed by atoms with Crippen LogP contribution in [0.1, 0.15) is 11.7 Å². The molecule has 3 aromatic rings. The minimum absolute atomic E-state index is 0.0769. The molecule has 1 atom stereocenters. The van der Waals surface area contributed by atoms with E-state index in [1.54, 1.807) is 24.3 Å². The Morgan fingerprint density at radius 1 is 0.625 bits per heavy atom. The van der Waals surface area contributed by atoms with Crippen LogP contribution in [-0.2, 0) is 0 Å². The highest BCUT2D eigenvalue weighted by Gasteiger charge is 2.09. The Morgan fingerprint density at radius 2 is 1.21 bits per heavy atom. The van der Waals surface area contributed by atoms with Gasteiger partial charge in [0.2, 0.25) is 6.17 Å². The first-order valence-corrected chi connectivity index (χ1v) is 7.52. The summed E-state index contributed by atoms with van der Waals surface area (Å²) in [5, 5.41) is 26.7. The van der Waals surface area contributed by atoms with E-state index >= 15 is 0 Å². The van der Waals surface area contributed by atoms with Crippen LogP contribution in [0, 0.1) is 0 Å². The van der Waals surface area contributed by atoms with Gasteiger partial charge in [-0.3, -0.25) is 0 Å². The molecule has 5 nitrogen and oxygen atoms in total. The van der Waals surface area contributed by atoms with Gasteiger partial charge in [-0.15, -0.1) is 5.11 Å². The minimum Gasteiger partial charge on any atom is -0.506 e. The van der Waals surface area contributed by atoms with Gasteiger partial charge in [-0.1, -0.05) is 60.7 Å². The lowest BCUT2D eigenvalue weighted by Crippen LogP contribution is -1.89. The maximum absolute atomic E-state index is 9.79. The van der Waals surface area contributed by atoms with E-state index < -0.39 is 6.17 Å². The van der Waals surface area contributed by atoms with Crippen molar-refractivity contribution in [2.24, 2.45) is 20.5 Å². The molecule has 3 aromatic carbocycles. The molecule has 0 aliphatic rings. The largest absolute Gasteiger partial charge is 0.506 e. The summed E-state index contributed by atoms with van der Waals surface area (Å²) in [6.45, 7) is 0. The van der Waals surface area contributed by atoms with Gasteiger partial charge in [0.25, 0.3) is 0 Å². The maximum Gasteiger partial charge on any atom is 0.206 e. The zero-order valence-electron chi connectivity index (χ0n) is 12.9. The first kappa shape index (κ1) is 15.6. The van der Waals surface area contributed by atoms with E-state index in [4.69, 9.17) is 0 Å². The van der Waals surface area contributed by atoms with Gasteiger partial charge in [0.1, 0.15) is 11.4 Å². The molecule has 0 bridgehead atoms. The molecule has 3 rings (SSSR count). The fourth-order valence-corrected chi connectivity index (χ4v) is 2.06. The molecule has 0 heterocycles. The second kappa shape index (κ2) is 7.78. The Morgan fingerprint density at radius 3 is 1.92 bits per heavy atom. The number of hydrogen-bond donors (Lipinski definition) is 1. The van der Waals surface area contributed by atoms with E-state index in [-0.39, 0.29) is 5.75 Å². The molecule has 0 saturated heterocycles. The molecule has 1 N–H and O–H groups in total. The van der Waals surface area contributed by atoms with Crippen LogP contribution in [0.5, 0.6) is 5.75 Å². The molecular weight excluding hydrogens is 300 g/mol. The van der Waals surface area contributed by atoms with E-state index in [1.807, 2.05) is 60.7 Å². The Balaban J connectivity index is 1.88. The Bertz CT molecular complexity index is 832. The van der Waals surface area contributed by atoms with Crippen LogP contribution < -0.4 is 0 Å². The Kier molecular flexibility index (Phi) is 5.04. The van der Waals surface area contributed by atoms with Gasteiger partial charge in [0, 0.05) is 5.56 Å². The lowest BCUT2D eigenvalue weighted by molar-refractivity contribution is 0.475. The summed E-state index contributed by atoms with van der Waals surface area (Å²) in [5.74, 6) is 0.0769. The average molecular weight is 316 g/mol. The summed E-state index contributed by atoms with van der Waals surface area (Å²) < 4.78 is 0. The molecule has 1 unspecified atom stereocenters. The maximum atomic E-state index is 9.79. The minimum atomic E-state index is -0.578. The number of nitrogens with zero attached hydrogens (tertiary/aromatic N) is 4. The second-order valence-electron chi connectivity index (χ2n) is 5.04. The number of para-hydroxylation sites is 1. The lowest BCUT2D eigenvalue weighted by atomic mass is 10.2. The smallest absolute Gasteiger partial charge is 0.206 e. The van der Waals surface area contributed by atoms with E-state index in [9.17, 15) is 5.11 Å². The van der Waals surface area contributed by atoms with Crippen molar-refractivity contribution in [1.82, 2.24) is 0 Å².